The van der Waals surface area contributed by atoms with Crippen LogP contribution in [0.4, 0.5) is 0 Å². The molecule has 0 bridgehead atoms. The van der Waals surface area contributed by atoms with Gasteiger partial charge in [-0.2, -0.15) is 0 Å². The normalized spacial score (nSPS) is 12.1. The summed E-state index contributed by atoms with van der Waals surface area (Å²) in [4.78, 5) is 0. The Hall–Kier alpha value is -4.86. The molecule has 182 valence electrons. The SMILES string of the molecule is c1cc(-c2cccc3c2sc2ccccc23)c2c(c1)oc1c(-n3c4ccccc4c4ccccc43)cccc12. The number of furan rings is 1. The largest absolute Gasteiger partial charge is 0.454 e. The van der Waals surface area contributed by atoms with Gasteiger partial charge in [-0.1, -0.05) is 97.1 Å². The summed E-state index contributed by atoms with van der Waals surface area (Å²) in [5.41, 5.74) is 7.71. The highest BCUT2D eigenvalue weighted by Crippen LogP contribution is 2.45. The van der Waals surface area contributed by atoms with Crippen LogP contribution in [0.3, 0.4) is 0 Å². The highest BCUT2D eigenvalue weighted by atomic mass is 32.1. The Morgan fingerprint density at radius 1 is 0.487 bits per heavy atom. The number of rotatable bonds is 2. The van der Waals surface area contributed by atoms with Gasteiger partial charge in [-0.05, 0) is 35.9 Å². The van der Waals surface area contributed by atoms with Crippen molar-refractivity contribution in [2.24, 2.45) is 0 Å². The smallest absolute Gasteiger partial charge is 0.159 e. The van der Waals surface area contributed by atoms with E-state index >= 15 is 0 Å². The van der Waals surface area contributed by atoms with Crippen molar-refractivity contribution in [3.8, 4) is 16.8 Å². The number of para-hydroxylation sites is 3. The number of hydrogen-bond acceptors (Lipinski definition) is 2. The van der Waals surface area contributed by atoms with Gasteiger partial charge in [0.25, 0.3) is 0 Å². The van der Waals surface area contributed by atoms with E-state index in [-0.39, 0.29) is 0 Å². The Balaban J connectivity index is 1.38. The molecule has 3 heterocycles. The van der Waals surface area contributed by atoms with E-state index in [0.29, 0.717) is 0 Å². The van der Waals surface area contributed by atoms with Crippen LogP contribution in [0.5, 0.6) is 0 Å². The van der Waals surface area contributed by atoms with Crippen molar-refractivity contribution in [1.29, 1.82) is 0 Å². The number of benzene rings is 6. The van der Waals surface area contributed by atoms with Gasteiger partial charge < -0.3 is 8.98 Å². The van der Waals surface area contributed by atoms with E-state index < -0.39 is 0 Å². The summed E-state index contributed by atoms with van der Waals surface area (Å²) >= 11 is 1.87. The van der Waals surface area contributed by atoms with Crippen molar-refractivity contribution < 1.29 is 4.42 Å². The van der Waals surface area contributed by atoms with E-state index in [1.165, 1.54) is 58.5 Å². The van der Waals surface area contributed by atoms with Gasteiger partial charge in [0, 0.05) is 47.3 Å². The third-order valence-corrected chi connectivity index (χ3v) is 9.24. The fourth-order valence-electron chi connectivity index (χ4n) is 6.37. The van der Waals surface area contributed by atoms with Gasteiger partial charge in [-0.25, -0.2) is 0 Å². The monoisotopic (exact) mass is 515 g/mol. The van der Waals surface area contributed by atoms with E-state index in [1.807, 2.05) is 11.3 Å². The van der Waals surface area contributed by atoms with Crippen molar-refractivity contribution in [3.63, 3.8) is 0 Å². The van der Waals surface area contributed by atoms with Crippen LogP contribution < -0.4 is 0 Å². The summed E-state index contributed by atoms with van der Waals surface area (Å²) in [6.07, 6.45) is 0. The first kappa shape index (κ1) is 21.1. The Kier molecular flexibility index (Phi) is 4.24. The maximum absolute atomic E-state index is 6.72. The second kappa shape index (κ2) is 7.83. The first-order valence-electron chi connectivity index (χ1n) is 13.2. The molecule has 0 aliphatic carbocycles. The zero-order valence-electron chi connectivity index (χ0n) is 20.9. The molecule has 0 aliphatic heterocycles. The Bertz CT molecular complexity index is 2350. The number of fused-ring (bicyclic) bond motifs is 9. The minimum absolute atomic E-state index is 0.911. The maximum atomic E-state index is 6.72. The highest BCUT2D eigenvalue weighted by molar-refractivity contribution is 7.26. The van der Waals surface area contributed by atoms with Gasteiger partial charge in [0.05, 0.1) is 16.7 Å². The quantitative estimate of drug-likeness (QED) is 0.224. The van der Waals surface area contributed by atoms with E-state index in [1.54, 1.807) is 0 Å². The van der Waals surface area contributed by atoms with Gasteiger partial charge in [0.2, 0.25) is 0 Å². The molecule has 0 aliphatic rings. The first-order chi connectivity index (χ1) is 19.4. The fourth-order valence-corrected chi connectivity index (χ4v) is 7.61. The van der Waals surface area contributed by atoms with Crippen LogP contribution in [0, 0.1) is 0 Å². The minimum Gasteiger partial charge on any atom is -0.454 e. The van der Waals surface area contributed by atoms with Crippen molar-refractivity contribution in [1.82, 2.24) is 4.57 Å². The van der Waals surface area contributed by atoms with Crippen molar-refractivity contribution in [2.45, 2.75) is 0 Å². The van der Waals surface area contributed by atoms with Crippen LogP contribution in [0.25, 0.3) is 80.7 Å². The van der Waals surface area contributed by atoms with Crippen molar-refractivity contribution >= 4 is 75.3 Å². The molecule has 3 heteroatoms. The van der Waals surface area contributed by atoms with E-state index in [2.05, 4.69) is 132 Å². The van der Waals surface area contributed by atoms with Crippen LogP contribution in [-0.4, -0.2) is 4.57 Å². The summed E-state index contributed by atoms with van der Waals surface area (Å²) in [5.74, 6) is 0. The molecular weight excluding hydrogens is 494 g/mol. The lowest BCUT2D eigenvalue weighted by molar-refractivity contribution is 0.666. The second-order valence-corrected chi connectivity index (χ2v) is 11.1. The molecule has 0 fully saturated rings. The van der Waals surface area contributed by atoms with Crippen molar-refractivity contribution in [3.05, 3.63) is 127 Å². The first-order valence-corrected chi connectivity index (χ1v) is 14.0. The molecule has 0 unspecified atom stereocenters. The number of hydrogen-bond donors (Lipinski definition) is 0. The van der Waals surface area contributed by atoms with E-state index in [9.17, 15) is 0 Å². The third kappa shape index (κ3) is 2.85. The number of thiophene rings is 1. The summed E-state index contributed by atoms with van der Waals surface area (Å²) < 4.78 is 11.7. The zero-order chi connectivity index (χ0) is 25.5. The summed E-state index contributed by atoms with van der Waals surface area (Å²) in [5, 5.41) is 7.43. The molecular formula is C36H21NOS. The molecule has 2 nitrogen and oxygen atoms in total. The summed E-state index contributed by atoms with van der Waals surface area (Å²) in [6.45, 7) is 0. The van der Waals surface area contributed by atoms with Gasteiger partial charge in [0.1, 0.15) is 5.58 Å². The predicted octanol–water partition coefficient (Wildman–Crippen LogP) is 10.7. The van der Waals surface area contributed by atoms with Crippen LogP contribution >= 0.6 is 11.3 Å². The van der Waals surface area contributed by atoms with Gasteiger partial charge in [-0.3, -0.25) is 0 Å². The molecule has 0 radical (unpaired) electrons. The molecule has 9 aromatic rings. The molecule has 6 aromatic carbocycles. The average molecular weight is 516 g/mol. The second-order valence-electron chi connectivity index (χ2n) is 10.1. The lowest BCUT2D eigenvalue weighted by Crippen LogP contribution is -1.94. The molecule has 0 saturated carbocycles. The minimum atomic E-state index is 0.911. The topological polar surface area (TPSA) is 18.1 Å². The molecule has 0 spiro atoms. The Labute approximate surface area is 227 Å². The lowest BCUT2D eigenvalue weighted by atomic mass is 9.97. The standard InChI is InChI=1S/C36H21NOS/c1-4-17-29-22(10-1)23-11-2-5-18-30(23)37(29)31-19-8-16-28-34-25(13-9-20-32(34)38-35(28)31)27-15-7-14-26-24-12-3-6-21-33(24)39-36(26)27/h1-21H. The van der Waals surface area contributed by atoms with Gasteiger partial charge >= 0.3 is 0 Å². The molecule has 0 saturated heterocycles. The summed E-state index contributed by atoms with van der Waals surface area (Å²) in [7, 11) is 0. The summed E-state index contributed by atoms with van der Waals surface area (Å²) in [6, 6.07) is 45.6. The zero-order valence-corrected chi connectivity index (χ0v) is 21.7. The fraction of sp³-hybridized carbons (Fsp3) is 0. The molecule has 0 atom stereocenters. The molecule has 0 N–H and O–H groups in total. The van der Waals surface area contributed by atoms with E-state index in [4.69, 9.17) is 4.42 Å². The lowest BCUT2D eigenvalue weighted by Gasteiger charge is -2.09. The molecule has 9 rings (SSSR count). The highest BCUT2D eigenvalue weighted by Gasteiger charge is 2.20. The van der Waals surface area contributed by atoms with Crippen LogP contribution in [0.15, 0.2) is 132 Å². The van der Waals surface area contributed by atoms with Crippen LogP contribution in [0.2, 0.25) is 0 Å². The molecule has 0 amide bonds. The predicted molar refractivity (Wildman–Crippen MR) is 166 cm³/mol. The van der Waals surface area contributed by atoms with Gasteiger partial charge in [0.15, 0.2) is 5.58 Å². The van der Waals surface area contributed by atoms with Gasteiger partial charge in [-0.15, -0.1) is 11.3 Å². The Morgan fingerprint density at radius 2 is 1.10 bits per heavy atom. The Morgan fingerprint density at radius 3 is 1.92 bits per heavy atom. The van der Waals surface area contributed by atoms with Crippen LogP contribution in [-0.2, 0) is 0 Å². The molecule has 3 aromatic heterocycles. The van der Waals surface area contributed by atoms with Crippen molar-refractivity contribution in [2.75, 3.05) is 0 Å². The number of nitrogens with zero attached hydrogens (tertiary/aromatic N) is 1. The van der Waals surface area contributed by atoms with Crippen LogP contribution in [0.1, 0.15) is 0 Å². The average Bonchev–Trinajstić information content (AvgIpc) is 3.67. The molecule has 39 heavy (non-hydrogen) atoms. The maximum Gasteiger partial charge on any atom is 0.159 e. The van der Waals surface area contributed by atoms with E-state index in [0.717, 1.165) is 22.2 Å². The number of aromatic nitrogens is 1. The third-order valence-electron chi connectivity index (χ3n) is 8.02.